The zero-order chi connectivity index (χ0) is 15.4. The summed E-state index contributed by atoms with van der Waals surface area (Å²) in [6.07, 6.45) is 4.13. The molecule has 1 aliphatic rings. The predicted octanol–water partition coefficient (Wildman–Crippen LogP) is 3.29. The summed E-state index contributed by atoms with van der Waals surface area (Å²) in [5.74, 6) is 0.843. The van der Waals surface area contributed by atoms with Crippen molar-refractivity contribution in [3.05, 3.63) is 47.9 Å². The fourth-order valence-electron chi connectivity index (χ4n) is 3.02. The van der Waals surface area contributed by atoms with Gasteiger partial charge >= 0.3 is 0 Å². The third-order valence-corrected chi connectivity index (χ3v) is 4.41. The summed E-state index contributed by atoms with van der Waals surface area (Å²) in [7, 11) is 0. The molecule has 2 aromatic rings. The maximum Gasteiger partial charge on any atom is 0.124 e. The van der Waals surface area contributed by atoms with Gasteiger partial charge in [0, 0.05) is 25.7 Å². The maximum atomic E-state index is 12.9. The van der Waals surface area contributed by atoms with Gasteiger partial charge in [-0.05, 0) is 37.1 Å². The highest BCUT2D eigenvalue weighted by Gasteiger charge is 2.21. The van der Waals surface area contributed by atoms with Crippen LogP contribution in [0.1, 0.15) is 31.4 Å². The maximum absolute atomic E-state index is 12.9. The lowest BCUT2D eigenvalue weighted by molar-refractivity contribution is 0.188. The van der Waals surface area contributed by atoms with Gasteiger partial charge in [0.1, 0.15) is 11.6 Å². The lowest BCUT2D eigenvalue weighted by atomic mass is 10.1. The van der Waals surface area contributed by atoms with Crippen molar-refractivity contribution < 1.29 is 4.39 Å². The van der Waals surface area contributed by atoms with E-state index >= 15 is 0 Å². The predicted molar refractivity (Wildman–Crippen MR) is 86.3 cm³/mol. The minimum Gasteiger partial charge on any atom is -0.366 e. The molecule has 5 heteroatoms. The average Bonchev–Trinajstić information content (AvgIpc) is 3.03. The monoisotopic (exact) mass is 302 g/mol. The second kappa shape index (κ2) is 6.92. The van der Waals surface area contributed by atoms with Crippen molar-refractivity contribution >= 4 is 5.82 Å². The number of hydrogen-bond donors (Lipinski definition) is 1. The van der Waals surface area contributed by atoms with Gasteiger partial charge in [-0.3, -0.25) is 0 Å². The van der Waals surface area contributed by atoms with Crippen LogP contribution < -0.4 is 5.32 Å². The Bertz CT molecular complexity index is 585. The Hall–Kier alpha value is -1.88. The van der Waals surface area contributed by atoms with Gasteiger partial charge in [0.2, 0.25) is 0 Å². The van der Waals surface area contributed by atoms with Crippen LogP contribution in [0.25, 0.3) is 0 Å². The van der Waals surface area contributed by atoms with Crippen molar-refractivity contribution in [3.8, 4) is 0 Å². The smallest absolute Gasteiger partial charge is 0.124 e. The largest absolute Gasteiger partial charge is 0.366 e. The molecule has 1 aromatic heterocycles. The van der Waals surface area contributed by atoms with E-state index in [1.165, 1.54) is 12.1 Å². The van der Waals surface area contributed by atoms with Gasteiger partial charge in [-0.15, -0.1) is 0 Å². The molecule has 0 saturated carbocycles. The number of halogens is 1. The van der Waals surface area contributed by atoms with Crippen LogP contribution in [0.4, 0.5) is 10.2 Å². The van der Waals surface area contributed by atoms with Crippen LogP contribution in [-0.4, -0.2) is 34.3 Å². The van der Waals surface area contributed by atoms with Gasteiger partial charge < -0.3 is 10.2 Å². The van der Waals surface area contributed by atoms with Crippen molar-refractivity contribution in [2.24, 2.45) is 0 Å². The molecule has 4 nitrogen and oxygen atoms in total. The number of rotatable bonds is 5. The van der Waals surface area contributed by atoms with E-state index in [2.05, 4.69) is 26.9 Å². The first-order valence-corrected chi connectivity index (χ1v) is 8.00. The van der Waals surface area contributed by atoms with E-state index in [0.717, 1.165) is 43.9 Å². The molecule has 0 unspecified atom stereocenters. The first-order chi connectivity index (χ1) is 10.8. The van der Waals surface area contributed by atoms with Gasteiger partial charge in [-0.1, -0.05) is 19.1 Å². The van der Waals surface area contributed by atoms with Crippen LogP contribution in [0.15, 0.2) is 36.5 Å². The molecule has 1 saturated heterocycles. The fourth-order valence-corrected chi connectivity index (χ4v) is 3.02. The van der Waals surface area contributed by atoms with Crippen LogP contribution in [0.3, 0.4) is 0 Å². The Labute approximate surface area is 130 Å². The number of aromatic nitrogens is 2. The molecule has 22 heavy (non-hydrogen) atoms. The molecule has 1 aromatic carbocycles. The Morgan fingerprint density at radius 2 is 1.91 bits per heavy atom. The minimum absolute atomic E-state index is 0.198. The Balaban J connectivity index is 1.61. The molecular weight excluding hydrogens is 279 g/mol. The molecule has 0 aliphatic carbocycles. The van der Waals surface area contributed by atoms with E-state index in [-0.39, 0.29) is 5.82 Å². The Morgan fingerprint density at radius 1 is 1.18 bits per heavy atom. The van der Waals surface area contributed by atoms with E-state index in [0.29, 0.717) is 12.6 Å². The molecular formula is C17H23FN4. The highest BCUT2D eigenvalue weighted by Crippen LogP contribution is 2.25. The van der Waals surface area contributed by atoms with Crippen LogP contribution in [0, 0.1) is 5.82 Å². The van der Waals surface area contributed by atoms with Crippen molar-refractivity contribution in [1.82, 2.24) is 14.7 Å². The van der Waals surface area contributed by atoms with Crippen molar-refractivity contribution in [1.29, 1.82) is 0 Å². The van der Waals surface area contributed by atoms with E-state index < -0.39 is 0 Å². The Morgan fingerprint density at radius 3 is 2.59 bits per heavy atom. The summed E-state index contributed by atoms with van der Waals surface area (Å²) in [5, 5.41) is 7.91. The number of nitrogens with zero attached hydrogens (tertiary/aromatic N) is 3. The first-order valence-electron chi connectivity index (χ1n) is 8.00. The summed E-state index contributed by atoms with van der Waals surface area (Å²) in [5.41, 5.74) is 1.06. The molecule has 0 radical (unpaired) electrons. The summed E-state index contributed by atoms with van der Waals surface area (Å²) < 4.78 is 15.0. The van der Waals surface area contributed by atoms with Crippen molar-refractivity contribution in [3.63, 3.8) is 0 Å². The number of likely N-dealkylation sites (tertiary alicyclic amines) is 1. The van der Waals surface area contributed by atoms with E-state index in [4.69, 9.17) is 0 Å². The van der Waals surface area contributed by atoms with Crippen LogP contribution in [0.2, 0.25) is 0 Å². The standard InChI is InChI=1S/C17H23FN4/c1-2-21-11-8-16(9-12-21)22-17(7-10-20-22)19-13-14-3-5-15(18)6-4-14/h3-7,10,16,19H,2,8-9,11-13H2,1H3. The summed E-state index contributed by atoms with van der Waals surface area (Å²) in [6.45, 7) is 6.29. The first kappa shape index (κ1) is 15.0. The van der Waals surface area contributed by atoms with Gasteiger partial charge in [0.25, 0.3) is 0 Å². The third kappa shape index (κ3) is 3.47. The number of anilines is 1. The van der Waals surface area contributed by atoms with E-state index in [1.807, 2.05) is 24.4 Å². The van der Waals surface area contributed by atoms with Crippen LogP contribution >= 0.6 is 0 Å². The molecule has 118 valence electrons. The molecule has 1 fully saturated rings. The summed E-state index contributed by atoms with van der Waals surface area (Å²) in [4.78, 5) is 2.48. The SMILES string of the molecule is CCN1CCC(n2nccc2NCc2ccc(F)cc2)CC1. The number of benzene rings is 1. The lowest BCUT2D eigenvalue weighted by Crippen LogP contribution is -2.34. The number of nitrogens with one attached hydrogen (secondary N) is 1. The van der Waals surface area contributed by atoms with Gasteiger partial charge in [-0.25, -0.2) is 9.07 Å². The van der Waals surface area contributed by atoms with E-state index in [1.54, 1.807) is 0 Å². The number of piperidine rings is 1. The van der Waals surface area contributed by atoms with Gasteiger partial charge in [0.05, 0.1) is 12.2 Å². The molecule has 1 N–H and O–H groups in total. The molecule has 1 aliphatic heterocycles. The van der Waals surface area contributed by atoms with Crippen LogP contribution in [0.5, 0.6) is 0 Å². The zero-order valence-corrected chi connectivity index (χ0v) is 13.0. The molecule has 0 bridgehead atoms. The number of hydrogen-bond acceptors (Lipinski definition) is 3. The second-order valence-corrected chi connectivity index (χ2v) is 5.81. The second-order valence-electron chi connectivity index (χ2n) is 5.81. The Kier molecular flexibility index (Phi) is 4.73. The highest BCUT2D eigenvalue weighted by molar-refractivity contribution is 5.36. The summed E-state index contributed by atoms with van der Waals surface area (Å²) in [6, 6.07) is 9.08. The molecule has 3 rings (SSSR count). The lowest BCUT2D eigenvalue weighted by Gasteiger charge is -2.31. The molecule has 0 atom stereocenters. The van der Waals surface area contributed by atoms with Crippen LogP contribution in [-0.2, 0) is 6.54 Å². The van der Waals surface area contributed by atoms with E-state index in [9.17, 15) is 4.39 Å². The fraction of sp³-hybridized carbons (Fsp3) is 0.471. The quantitative estimate of drug-likeness (QED) is 0.920. The summed E-state index contributed by atoms with van der Waals surface area (Å²) >= 11 is 0. The van der Waals surface area contributed by atoms with Crippen molar-refractivity contribution in [2.75, 3.05) is 25.0 Å². The minimum atomic E-state index is -0.198. The molecule has 0 spiro atoms. The zero-order valence-electron chi connectivity index (χ0n) is 13.0. The topological polar surface area (TPSA) is 33.1 Å². The van der Waals surface area contributed by atoms with Gasteiger partial charge in [0.15, 0.2) is 0 Å². The highest BCUT2D eigenvalue weighted by atomic mass is 19.1. The van der Waals surface area contributed by atoms with Crippen molar-refractivity contribution in [2.45, 2.75) is 32.4 Å². The molecule has 2 heterocycles. The normalized spacial score (nSPS) is 16.8. The third-order valence-electron chi connectivity index (χ3n) is 4.41. The average molecular weight is 302 g/mol. The van der Waals surface area contributed by atoms with Gasteiger partial charge in [-0.2, -0.15) is 5.10 Å². The molecule has 0 amide bonds.